The fourth-order valence-corrected chi connectivity index (χ4v) is 3.13. The maximum Gasteiger partial charge on any atom is 0.417 e. The van der Waals surface area contributed by atoms with E-state index < -0.39 is 16.7 Å². The van der Waals surface area contributed by atoms with Crippen molar-refractivity contribution >= 4 is 33.6 Å². The molecule has 0 aliphatic heterocycles. The Bertz CT molecular complexity index is 1170. The number of hydrazone groups is 1. The topological polar surface area (TPSA) is 98.9 Å². The molecule has 1 aromatic heterocycles. The van der Waals surface area contributed by atoms with E-state index >= 15 is 0 Å². The third-order valence-corrected chi connectivity index (χ3v) is 5.06. The first-order valence-corrected chi connectivity index (χ1v) is 10.6. The Kier molecular flexibility index (Phi) is 8.05. The van der Waals surface area contributed by atoms with Gasteiger partial charge in [0.05, 0.1) is 23.3 Å². The number of hydrogen-bond acceptors (Lipinski definition) is 7. The molecule has 3 aromatic rings. The van der Waals surface area contributed by atoms with Gasteiger partial charge in [-0.15, -0.1) is 0 Å². The first kappa shape index (κ1) is 25.0. The van der Waals surface area contributed by atoms with Crippen molar-refractivity contribution in [2.24, 2.45) is 5.10 Å². The van der Waals surface area contributed by atoms with Crippen molar-refractivity contribution in [1.82, 2.24) is 4.98 Å². The lowest BCUT2D eigenvalue weighted by Crippen LogP contribution is -2.05. The molecule has 0 aliphatic carbocycles. The van der Waals surface area contributed by atoms with E-state index in [2.05, 4.69) is 31.4 Å². The van der Waals surface area contributed by atoms with Crippen LogP contribution in [0.25, 0.3) is 0 Å². The highest BCUT2D eigenvalue weighted by Crippen LogP contribution is 2.34. The van der Waals surface area contributed by atoms with E-state index in [0.717, 1.165) is 17.8 Å². The monoisotopic (exact) mass is 538 g/mol. The second-order valence-corrected chi connectivity index (χ2v) is 7.62. The Morgan fingerprint density at radius 2 is 1.85 bits per heavy atom. The molecular weight excluding hydrogens is 521 g/mol. The number of nitro benzene ring substituents is 1. The highest BCUT2D eigenvalue weighted by atomic mass is 79.9. The number of benzene rings is 2. The van der Waals surface area contributed by atoms with Crippen molar-refractivity contribution in [3.05, 3.63) is 86.0 Å². The van der Waals surface area contributed by atoms with Gasteiger partial charge in [0.2, 0.25) is 0 Å². The molecule has 2 aromatic carbocycles. The number of nitrogens with one attached hydrogen (secondary N) is 1. The van der Waals surface area contributed by atoms with Gasteiger partial charge in [-0.1, -0.05) is 0 Å². The number of halogens is 4. The van der Waals surface area contributed by atoms with Gasteiger partial charge in [0.1, 0.15) is 12.4 Å². The zero-order chi connectivity index (χ0) is 24.7. The summed E-state index contributed by atoms with van der Waals surface area (Å²) >= 11 is 3.43. The van der Waals surface area contributed by atoms with Crippen LogP contribution >= 0.6 is 15.9 Å². The number of pyridine rings is 1. The first-order valence-electron chi connectivity index (χ1n) is 9.82. The van der Waals surface area contributed by atoms with Gasteiger partial charge in [0.15, 0.2) is 11.5 Å². The maximum absolute atomic E-state index is 12.6. The average molecular weight is 539 g/mol. The third kappa shape index (κ3) is 6.67. The van der Waals surface area contributed by atoms with Crippen LogP contribution in [0.2, 0.25) is 0 Å². The SMILES string of the molecule is CCOc1cc(/C=N\Nc2ccc(C(F)(F)F)cn2)c(Br)cc1OCc1ccc([N+](=O)[O-])cc1. The molecule has 12 heteroatoms. The maximum atomic E-state index is 12.6. The molecule has 8 nitrogen and oxygen atoms in total. The molecule has 178 valence electrons. The number of aromatic nitrogens is 1. The smallest absolute Gasteiger partial charge is 0.417 e. The molecule has 1 heterocycles. The van der Waals surface area contributed by atoms with Crippen molar-refractivity contribution in [2.45, 2.75) is 19.7 Å². The molecular formula is C22H18BrF3N4O4. The predicted octanol–water partition coefficient (Wildman–Crippen LogP) is 6.19. The summed E-state index contributed by atoms with van der Waals surface area (Å²) in [4.78, 5) is 14.0. The Hall–Kier alpha value is -3.67. The summed E-state index contributed by atoms with van der Waals surface area (Å²) in [5.41, 5.74) is 3.07. The molecule has 0 atom stereocenters. The van der Waals surface area contributed by atoms with Crippen LogP contribution in [0, 0.1) is 10.1 Å². The van der Waals surface area contributed by atoms with Crippen LogP contribution in [0.3, 0.4) is 0 Å². The predicted molar refractivity (Wildman–Crippen MR) is 123 cm³/mol. The van der Waals surface area contributed by atoms with Gasteiger partial charge in [-0.3, -0.25) is 15.5 Å². The number of anilines is 1. The molecule has 0 amide bonds. The number of rotatable bonds is 9. The van der Waals surface area contributed by atoms with Crippen molar-refractivity contribution in [3.8, 4) is 11.5 Å². The molecule has 0 saturated carbocycles. The quantitative estimate of drug-likeness (QED) is 0.198. The Morgan fingerprint density at radius 3 is 2.44 bits per heavy atom. The van der Waals surface area contributed by atoms with E-state index in [4.69, 9.17) is 9.47 Å². The highest BCUT2D eigenvalue weighted by Gasteiger charge is 2.30. The Morgan fingerprint density at radius 1 is 1.15 bits per heavy atom. The van der Waals surface area contributed by atoms with E-state index in [0.29, 0.717) is 28.1 Å². The standard InChI is InChI=1S/C22H18BrF3N4O4/c1-2-33-19-9-15(11-28-29-21-8-5-16(12-27-21)22(24,25)26)18(23)10-20(19)34-13-14-3-6-17(7-4-14)30(31)32/h3-12H,2,13H2,1H3,(H,27,29)/b28-11-. The fourth-order valence-electron chi connectivity index (χ4n) is 2.70. The van der Waals surface area contributed by atoms with E-state index in [1.165, 1.54) is 24.4 Å². The second-order valence-electron chi connectivity index (χ2n) is 6.77. The number of hydrogen-bond donors (Lipinski definition) is 1. The third-order valence-electron chi connectivity index (χ3n) is 4.38. The molecule has 0 radical (unpaired) electrons. The van der Waals surface area contributed by atoms with Crippen LogP contribution in [0.1, 0.15) is 23.6 Å². The first-order chi connectivity index (χ1) is 16.2. The largest absolute Gasteiger partial charge is 0.490 e. The number of nitro groups is 1. The van der Waals surface area contributed by atoms with Gasteiger partial charge >= 0.3 is 6.18 Å². The lowest BCUT2D eigenvalue weighted by Gasteiger charge is -2.14. The van der Waals surface area contributed by atoms with Gasteiger partial charge in [-0.05, 0) is 64.8 Å². The highest BCUT2D eigenvalue weighted by molar-refractivity contribution is 9.10. The van der Waals surface area contributed by atoms with Crippen LogP contribution in [0.4, 0.5) is 24.7 Å². The van der Waals surface area contributed by atoms with E-state index in [-0.39, 0.29) is 18.1 Å². The van der Waals surface area contributed by atoms with Gasteiger partial charge in [0.25, 0.3) is 5.69 Å². The molecule has 0 aliphatic rings. The summed E-state index contributed by atoms with van der Waals surface area (Å²) < 4.78 is 50.0. The van der Waals surface area contributed by atoms with Gasteiger partial charge in [-0.2, -0.15) is 18.3 Å². The van der Waals surface area contributed by atoms with Crippen molar-refractivity contribution in [3.63, 3.8) is 0 Å². The summed E-state index contributed by atoms with van der Waals surface area (Å²) in [6.07, 6.45) is -2.29. The van der Waals surface area contributed by atoms with E-state index in [1.807, 2.05) is 6.92 Å². The van der Waals surface area contributed by atoms with Gasteiger partial charge < -0.3 is 9.47 Å². The molecule has 1 N–H and O–H groups in total. The number of alkyl halides is 3. The summed E-state index contributed by atoms with van der Waals surface area (Å²) in [6.45, 7) is 2.35. The lowest BCUT2D eigenvalue weighted by molar-refractivity contribution is -0.384. The van der Waals surface area contributed by atoms with Crippen LogP contribution < -0.4 is 14.9 Å². The zero-order valence-corrected chi connectivity index (χ0v) is 19.3. The van der Waals surface area contributed by atoms with Crippen molar-refractivity contribution in [2.75, 3.05) is 12.0 Å². The minimum Gasteiger partial charge on any atom is -0.490 e. The molecule has 0 fully saturated rings. The fraction of sp³-hybridized carbons (Fsp3) is 0.182. The minimum absolute atomic E-state index is 0.00903. The number of non-ortho nitro benzene ring substituents is 1. The summed E-state index contributed by atoms with van der Waals surface area (Å²) in [5, 5.41) is 14.8. The zero-order valence-electron chi connectivity index (χ0n) is 17.7. The van der Waals surface area contributed by atoms with Crippen LogP contribution in [0.5, 0.6) is 11.5 Å². The molecule has 0 spiro atoms. The van der Waals surface area contributed by atoms with Crippen LogP contribution in [0.15, 0.2) is 64.3 Å². The molecule has 0 unspecified atom stereocenters. The van der Waals surface area contributed by atoms with Crippen molar-refractivity contribution < 1.29 is 27.6 Å². The minimum atomic E-state index is -4.46. The molecule has 0 saturated heterocycles. The summed E-state index contributed by atoms with van der Waals surface area (Å²) in [5.74, 6) is 1.04. The lowest BCUT2D eigenvalue weighted by atomic mass is 10.2. The molecule has 3 rings (SSSR count). The van der Waals surface area contributed by atoms with E-state index in [9.17, 15) is 23.3 Å². The summed E-state index contributed by atoms with van der Waals surface area (Å²) in [6, 6.07) is 11.5. The normalized spacial score (nSPS) is 11.4. The van der Waals surface area contributed by atoms with Crippen LogP contribution in [-0.2, 0) is 12.8 Å². The Labute approximate surface area is 200 Å². The van der Waals surface area contributed by atoms with Crippen LogP contribution in [-0.4, -0.2) is 22.7 Å². The molecule has 0 bridgehead atoms. The van der Waals surface area contributed by atoms with E-state index in [1.54, 1.807) is 24.3 Å². The molecule has 34 heavy (non-hydrogen) atoms. The van der Waals surface area contributed by atoms with Gasteiger partial charge in [-0.25, -0.2) is 4.98 Å². The Balaban J connectivity index is 1.70. The average Bonchev–Trinajstić information content (AvgIpc) is 2.80. The number of nitrogens with zero attached hydrogens (tertiary/aromatic N) is 3. The summed E-state index contributed by atoms with van der Waals surface area (Å²) in [7, 11) is 0. The number of ether oxygens (including phenoxy) is 2. The van der Waals surface area contributed by atoms with Crippen molar-refractivity contribution in [1.29, 1.82) is 0 Å². The van der Waals surface area contributed by atoms with Gasteiger partial charge in [0, 0.05) is 28.4 Å². The second kappa shape index (κ2) is 11.0.